The van der Waals surface area contributed by atoms with Crippen LogP contribution in [0.2, 0.25) is 0 Å². The van der Waals surface area contributed by atoms with Gasteiger partial charge in [0, 0.05) is 25.9 Å². The summed E-state index contributed by atoms with van der Waals surface area (Å²) in [5.41, 5.74) is 12.7. The number of nitrogen functional groups attached to an aromatic ring is 1. The second-order valence-electron chi connectivity index (χ2n) is 5.60. The highest BCUT2D eigenvalue weighted by atomic mass is 15.1. The predicted molar refractivity (Wildman–Crippen MR) is 88.8 cm³/mol. The molecule has 0 aliphatic carbocycles. The molecule has 3 rings (SSSR count). The maximum absolute atomic E-state index is 6.34. The lowest BCUT2D eigenvalue weighted by atomic mass is 10.0. The summed E-state index contributed by atoms with van der Waals surface area (Å²) in [5, 5.41) is 0. The lowest BCUT2D eigenvalue weighted by Crippen LogP contribution is -2.09. The van der Waals surface area contributed by atoms with Crippen molar-refractivity contribution in [3.8, 4) is 11.3 Å². The van der Waals surface area contributed by atoms with Gasteiger partial charge in [-0.3, -0.25) is 4.40 Å². The van der Waals surface area contributed by atoms with E-state index in [1.165, 1.54) is 11.1 Å². The van der Waals surface area contributed by atoms with Crippen molar-refractivity contribution < 1.29 is 0 Å². The fourth-order valence-corrected chi connectivity index (χ4v) is 2.52. The molecule has 0 unspecified atom stereocenters. The third-order valence-electron chi connectivity index (χ3n) is 4.02. The van der Waals surface area contributed by atoms with Crippen LogP contribution in [0.1, 0.15) is 11.1 Å². The SMILES string of the molecule is Cc1cccc(-c2nc3ccc(N(C)C)cn3c2N)c1C. The van der Waals surface area contributed by atoms with E-state index in [-0.39, 0.29) is 0 Å². The molecule has 108 valence electrons. The van der Waals surface area contributed by atoms with Crippen LogP contribution in [0.3, 0.4) is 0 Å². The Kier molecular flexibility index (Phi) is 3.09. The third kappa shape index (κ3) is 2.13. The van der Waals surface area contributed by atoms with Gasteiger partial charge < -0.3 is 10.6 Å². The summed E-state index contributed by atoms with van der Waals surface area (Å²) >= 11 is 0. The van der Waals surface area contributed by atoms with E-state index in [0.29, 0.717) is 5.82 Å². The van der Waals surface area contributed by atoms with Crippen molar-refractivity contribution in [1.82, 2.24) is 9.38 Å². The van der Waals surface area contributed by atoms with Crippen LogP contribution in [-0.4, -0.2) is 23.5 Å². The van der Waals surface area contributed by atoms with E-state index < -0.39 is 0 Å². The summed E-state index contributed by atoms with van der Waals surface area (Å²) in [4.78, 5) is 6.76. The van der Waals surface area contributed by atoms with Crippen LogP contribution in [-0.2, 0) is 0 Å². The molecule has 0 atom stereocenters. The minimum atomic E-state index is 0.683. The largest absolute Gasteiger partial charge is 0.383 e. The first kappa shape index (κ1) is 13.5. The summed E-state index contributed by atoms with van der Waals surface area (Å²) in [6, 6.07) is 10.3. The van der Waals surface area contributed by atoms with E-state index in [9.17, 15) is 0 Å². The first-order chi connectivity index (χ1) is 9.99. The van der Waals surface area contributed by atoms with Crippen molar-refractivity contribution in [3.05, 3.63) is 47.7 Å². The van der Waals surface area contributed by atoms with Crippen molar-refractivity contribution in [2.75, 3.05) is 24.7 Å². The van der Waals surface area contributed by atoms with Crippen LogP contribution in [0.4, 0.5) is 11.5 Å². The Morgan fingerprint density at radius 2 is 1.86 bits per heavy atom. The summed E-state index contributed by atoms with van der Waals surface area (Å²) in [5.74, 6) is 0.683. The molecule has 4 nitrogen and oxygen atoms in total. The molecule has 0 spiro atoms. The van der Waals surface area contributed by atoms with Gasteiger partial charge in [-0.05, 0) is 37.1 Å². The topological polar surface area (TPSA) is 46.6 Å². The number of aromatic nitrogens is 2. The lowest BCUT2D eigenvalue weighted by molar-refractivity contribution is 1.09. The maximum atomic E-state index is 6.34. The summed E-state index contributed by atoms with van der Waals surface area (Å²) in [7, 11) is 4.03. The third-order valence-corrected chi connectivity index (χ3v) is 4.02. The number of hydrogen-bond acceptors (Lipinski definition) is 3. The number of hydrogen-bond donors (Lipinski definition) is 1. The number of benzene rings is 1. The molecule has 0 aliphatic rings. The molecule has 21 heavy (non-hydrogen) atoms. The molecular formula is C17H20N4. The van der Waals surface area contributed by atoms with E-state index in [1.807, 2.05) is 36.8 Å². The Morgan fingerprint density at radius 1 is 1.10 bits per heavy atom. The molecule has 0 aliphatic heterocycles. The van der Waals surface area contributed by atoms with Crippen LogP contribution in [0, 0.1) is 13.8 Å². The number of imidazole rings is 1. The number of pyridine rings is 1. The number of aryl methyl sites for hydroxylation is 1. The highest BCUT2D eigenvalue weighted by Gasteiger charge is 2.14. The second kappa shape index (κ2) is 4.81. The van der Waals surface area contributed by atoms with Crippen LogP contribution in [0.25, 0.3) is 16.9 Å². The minimum Gasteiger partial charge on any atom is -0.383 e. The molecule has 0 radical (unpaired) electrons. The molecule has 2 aromatic heterocycles. The van der Waals surface area contributed by atoms with E-state index in [1.54, 1.807) is 0 Å². The Morgan fingerprint density at radius 3 is 2.57 bits per heavy atom. The molecule has 0 fully saturated rings. The fraction of sp³-hybridized carbons (Fsp3) is 0.235. The zero-order valence-electron chi connectivity index (χ0n) is 12.9. The van der Waals surface area contributed by atoms with Gasteiger partial charge in [0.1, 0.15) is 17.2 Å². The molecule has 2 heterocycles. The smallest absolute Gasteiger partial charge is 0.139 e. The van der Waals surface area contributed by atoms with Gasteiger partial charge >= 0.3 is 0 Å². The Labute approximate surface area is 124 Å². The lowest BCUT2D eigenvalue weighted by Gasteiger charge is -2.12. The molecular weight excluding hydrogens is 260 g/mol. The number of anilines is 2. The normalized spacial score (nSPS) is 11.0. The van der Waals surface area contributed by atoms with E-state index in [4.69, 9.17) is 10.7 Å². The van der Waals surface area contributed by atoms with Crippen molar-refractivity contribution in [2.24, 2.45) is 0 Å². The average molecular weight is 280 g/mol. The summed E-state index contributed by atoms with van der Waals surface area (Å²) in [6.07, 6.45) is 2.02. The number of fused-ring (bicyclic) bond motifs is 1. The second-order valence-corrected chi connectivity index (χ2v) is 5.60. The van der Waals surface area contributed by atoms with Crippen LogP contribution in [0.15, 0.2) is 36.5 Å². The minimum absolute atomic E-state index is 0.683. The van der Waals surface area contributed by atoms with Gasteiger partial charge in [0.15, 0.2) is 0 Å². The number of nitrogens with zero attached hydrogens (tertiary/aromatic N) is 3. The van der Waals surface area contributed by atoms with Gasteiger partial charge in [-0.15, -0.1) is 0 Å². The Balaban J connectivity index is 2.25. The van der Waals surface area contributed by atoms with Crippen molar-refractivity contribution in [2.45, 2.75) is 13.8 Å². The molecule has 0 saturated heterocycles. The predicted octanol–water partition coefficient (Wildman–Crippen LogP) is 3.27. The highest BCUT2D eigenvalue weighted by molar-refractivity contribution is 5.78. The maximum Gasteiger partial charge on any atom is 0.139 e. The molecule has 0 amide bonds. The van der Waals surface area contributed by atoms with Gasteiger partial charge in [-0.1, -0.05) is 18.2 Å². The van der Waals surface area contributed by atoms with E-state index in [2.05, 4.69) is 36.9 Å². The summed E-state index contributed by atoms with van der Waals surface area (Å²) < 4.78 is 1.95. The highest BCUT2D eigenvalue weighted by Crippen LogP contribution is 2.31. The average Bonchev–Trinajstić information content (AvgIpc) is 2.78. The van der Waals surface area contributed by atoms with Gasteiger partial charge in [-0.25, -0.2) is 4.98 Å². The molecule has 0 saturated carbocycles. The quantitative estimate of drug-likeness (QED) is 0.783. The summed E-state index contributed by atoms with van der Waals surface area (Å²) in [6.45, 7) is 4.22. The van der Waals surface area contributed by atoms with Crippen molar-refractivity contribution in [3.63, 3.8) is 0 Å². The van der Waals surface area contributed by atoms with Crippen molar-refractivity contribution >= 4 is 17.2 Å². The standard InChI is InChI=1S/C17H20N4/c1-11-6-5-7-14(12(11)2)16-17(18)21-10-13(20(3)4)8-9-15(21)19-16/h5-10H,18H2,1-4H3. The Hall–Kier alpha value is -2.49. The van der Waals surface area contributed by atoms with E-state index in [0.717, 1.165) is 22.6 Å². The Bertz CT molecular complexity index is 815. The monoisotopic (exact) mass is 280 g/mol. The fourth-order valence-electron chi connectivity index (χ4n) is 2.52. The van der Waals surface area contributed by atoms with Crippen molar-refractivity contribution in [1.29, 1.82) is 0 Å². The van der Waals surface area contributed by atoms with Gasteiger partial charge in [0.05, 0.1) is 5.69 Å². The van der Waals surface area contributed by atoms with Crippen LogP contribution >= 0.6 is 0 Å². The number of nitrogens with two attached hydrogens (primary N) is 1. The molecule has 0 bridgehead atoms. The van der Waals surface area contributed by atoms with Gasteiger partial charge in [-0.2, -0.15) is 0 Å². The van der Waals surface area contributed by atoms with Crippen LogP contribution < -0.4 is 10.6 Å². The molecule has 1 aromatic carbocycles. The zero-order valence-corrected chi connectivity index (χ0v) is 12.9. The zero-order chi connectivity index (χ0) is 15.1. The number of rotatable bonds is 2. The van der Waals surface area contributed by atoms with Gasteiger partial charge in [0.25, 0.3) is 0 Å². The van der Waals surface area contributed by atoms with Gasteiger partial charge in [0.2, 0.25) is 0 Å². The first-order valence-electron chi connectivity index (χ1n) is 7.00. The van der Waals surface area contributed by atoms with Crippen LogP contribution in [0.5, 0.6) is 0 Å². The molecule has 3 aromatic rings. The molecule has 2 N–H and O–H groups in total. The first-order valence-corrected chi connectivity index (χ1v) is 7.00. The van der Waals surface area contributed by atoms with E-state index >= 15 is 0 Å². The molecule has 4 heteroatoms.